The molecule has 1 atom stereocenters. The lowest BCUT2D eigenvalue weighted by molar-refractivity contribution is 0.511. The lowest BCUT2D eigenvalue weighted by atomic mass is 10.0. The highest BCUT2D eigenvalue weighted by Gasteiger charge is 2.13. The Hall–Kier alpha value is 0.700. The van der Waals surface area contributed by atoms with Crippen molar-refractivity contribution in [3.8, 4) is 0 Å². The first kappa shape index (κ1) is 13.8. The summed E-state index contributed by atoms with van der Waals surface area (Å²) in [6, 6.07) is 0. The van der Waals surface area contributed by atoms with Crippen LogP contribution in [-0.2, 0) is 0 Å². The molecule has 1 fully saturated rings. The molecule has 0 aromatic rings. The van der Waals surface area contributed by atoms with Crippen molar-refractivity contribution in [3.05, 3.63) is 0 Å². The molecule has 15 heavy (non-hydrogen) atoms. The van der Waals surface area contributed by atoms with E-state index in [0.29, 0.717) is 0 Å². The molecule has 1 saturated heterocycles. The van der Waals surface area contributed by atoms with Crippen LogP contribution in [0.4, 0.5) is 0 Å². The number of unbranched alkanes of at least 4 members (excludes halogenated alkanes) is 3. The third-order valence-electron chi connectivity index (χ3n) is 3.02. The predicted molar refractivity (Wildman–Crippen MR) is 75.6 cm³/mol. The lowest BCUT2D eigenvalue weighted by Crippen LogP contribution is -2.05. The molecule has 1 unspecified atom stereocenters. The molecule has 2 heteroatoms. The van der Waals surface area contributed by atoms with Crippen LogP contribution in [0.3, 0.4) is 0 Å². The van der Waals surface area contributed by atoms with Gasteiger partial charge in [0.25, 0.3) is 0 Å². The fourth-order valence-corrected chi connectivity index (χ4v) is 4.93. The highest BCUT2D eigenvalue weighted by Crippen LogP contribution is 2.38. The Labute approximate surface area is 104 Å². The maximum atomic E-state index is 2.33. The first-order valence-electron chi connectivity index (χ1n) is 6.57. The molecule has 0 aromatic carbocycles. The molecule has 1 heterocycles. The smallest absolute Gasteiger partial charge is 0.0151 e. The van der Waals surface area contributed by atoms with Gasteiger partial charge in [-0.1, -0.05) is 67.5 Å². The molecule has 0 aliphatic carbocycles. The lowest BCUT2D eigenvalue weighted by Gasteiger charge is -2.19. The Morgan fingerprint density at radius 1 is 1.13 bits per heavy atom. The zero-order valence-electron chi connectivity index (χ0n) is 10.3. The van der Waals surface area contributed by atoms with Crippen molar-refractivity contribution in [2.45, 2.75) is 70.5 Å². The number of hydrogen-bond donors (Lipinski definition) is 0. The molecule has 0 aromatic heterocycles. The van der Waals surface area contributed by atoms with Crippen molar-refractivity contribution in [1.82, 2.24) is 0 Å². The fraction of sp³-hybridized carbons (Fsp3) is 1.00. The minimum Gasteiger partial charge on any atom is -0.0939 e. The predicted octanol–water partition coefficient (Wildman–Crippen LogP) is 5.53. The highest BCUT2D eigenvalue weighted by atomic mass is 33.1. The topological polar surface area (TPSA) is 0 Å². The van der Waals surface area contributed by atoms with Gasteiger partial charge in [-0.3, -0.25) is 0 Å². The molecule has 0 spiro atoms. The van der Waals surface area contributed by atoms with Crippen LogP contribution in [0, 0.1) is 5.92 Å². The van der Waals surface area contributed by atoms with Crippen LogP contribution >= 0.6 is 21.6 Å². The Morgan fingerprint density at radius 3 is 2.60 bits per heavy atom. The summed E-state index contributed by atoms with van der Waals surface area (Å²) < 4.78 is 0. The highest BCUT2D eigenvalue weighted by molar-refractivity contribution is 8.77. The van der Waals surface area contributed by atoms with Crippen LogP contribution in [0.2, 0.25) is 0 Å². The molecule has 90 valence electrons. The van der Waals surface area contributed by atoms with Gasteiger partial charge in [-0.2, -0.15) is 0 Å². The van der Waals surface area contributed by atoms with E-state index >= 15 is 0 Å². The van der Waals surface area contributed by atoms with E-state index in [9.17, 15) is 0 Å². The minimum absolute atomic E-state index is 0.898. The first-order chi connectivity index (χ1) is 7.29. The van der Waals surface area contributed by atoms with E-state index in [1.807, 2.05) is 0 Å². The van der Waals surface area contributed by atoms with Crippen molar-refractivity contribution in [3.63, 3.8) is 0 Å². The van der Waals surface area contributed by atoms with Gasteiger partial charge in [-0.25, -0.2) is 0 Å². The monoisotopic (exact) mass is 246 g/mol. The van der Waals surface area contributed by atoms with Gasteiger partial charge in [-0.15, -0.1) is 0 Å². The molecule has 0 saturated carbocycles. The van der Waals surface area contributed by atoms with Crippen LogP contribution < -0.4 is 0 Å². The Balaban J connectivity index is 1.83. The van der Waals surface area contributed by atoms with Crippen LogP contribution in [0.15, 0.2) is 0 Å². The van der Waals surface area contributed by atoms with Gasteiger partial charge in [0, 0.05) is 11.0 Å². The molecule has 1 aliphatic heterocycles. The quantitative estimate of drug-likeness (QED) is 0.428. The molecule has 0 N–H and O–H groups in total. The van der Waals surface area contributed by atoms with Crippen LogP contribution in [0.1, 0.15) is 65.2 Å². The summed E-state index contributed by atoms with van der Waals surface area (Å²) in [5, 5.41) is 0.980. The zero-order valence-corrected chi connectivity index (χ0v) is 12.0. The van der Waals surface area contributed by atoms with Gasteiger partial charge < -0.3 is 0 Å². The maximum Gasteiger partial charge on any atom is 0.0151 e. The first-order valence-corrected chi connectivity index (χ1v) is 8.95. The van der Waals surface area contributed by atoms with Crippen molar-refractivity contribution in [2.75, 3.05) is 5.75 Å². The molecule has 1 rings (SSSR count). The van der Waals surface area contributed by atoms with Gasteiger partial charge in [-0.05, 0) is 25.2 Å². The second-order valence-electron chi connectivity index (χ2n) is 5.07. The van der Waals surface area contributed by atoms with E-state index in [1.165, 1.54) is 57.1 Å². The average Bonchev–Trinajstić information content (AvgIpc) is 2.24. The van der Waals surface area contributed by atoms with Crippen LogP contribution in [0.25, 0.3) is 0 Å². The molecule has 0 nitrogen and oxygen atoms in total. The minimum atomic E-state index is 0.898. The molecule has 0 bridgehead atoms. The van der Waals surface area contributed by atoms with Crippen molar-refractivity contribution in [1.29, 1.82) is 0 Å². The van der Waals surface area contributed by atoms with Gasteiger partial charge in [0.15, 0.2) is 0 Å². The van der Waals surface area contributed by atoms with Crippen molar-refractivity contribution < 1.29 is 0 Å². The summed E-state index contributed by atoms with van der Waals surface area (Å²) in [7, 11) is 4.24. The molecule has 0 radical (unpaired) electrons. The Bertz CT molecular complexity index is 139. The second kappa shape index (κ2) is 8.81. The van der Waals surface area contributed by atoms with E-state index < -0.39 is 0 Å². The van der Waals surface area contributed by atoms with Crippen LogP contribution in [-0.4, -0.2) is 11.0 Å². The zero-order chi connectivity index (χ0) is 10.9. The van der Waals surface area contributed by atoms with E-state index in [-0.39, 0.29) is 0 Å². The third kappa shape index (κ3) is 7.57. The van der Waals surface area contributed by atoms with Crippen molar-refractivity contribution in [2.24, 2.45) is 5.92 Å². The number of hydrogen-bond acceptors (Lipinski definition) is 2. The SMILES string of the molecule is CC(C)CCCCCCC1CCCSS1. The molecule has 1 aliphatic rings. The summed E-state index contributed by atoms with van der Waals surface area (Å²) in [6.45, 7) is 4.66. The summed E-state index contributed by atoms with van der Waals surface area (Å²) in [5.41, 5.74) is 0. The largest absolute Gasteiger partial charge is 0.0939 e. The summed E-state index contributed by atoms with van der Waals surface area (Å²) in [5.74, 6) is 2.28. The normalized spacial score (nSPS) is 22.2. The van der Waals surface area contributed by atoms with E-state index in [2.05, 4.69) is 35.4 Å². The summed E-state index contributed by atoms with van der Waals surface area (Å²) >= 11 is 0. The average molecular weight is 246 g/mol. The van der Waals surface area contributed by atoms with E-state index in [1.54, 1.807) is 0 Å². The fourth-order valence-electron chi connectivity index (χ4n) is 2.03. The molecular formula is C13H26S2. The van der Waals surface area contributed by atoms with Crippen LogP contribution in [0.5, 0.6) is 0 Å². The Morgan fingerprint density at radius 2 is 1.93 bits per heavy atom. The number of rotatable bonds is 7. The Kier molecular flexibility index (Phi) is 8.08. The molecular weight excluding hydrogens is 220 g/mol. The summed E-state index contributed by atoms with van der Waals surface area (Å²) in [4.78, 5) is 0. The maximum absolute atomic E-state index is 2.33. The third-order valence-corrected chi connectivity index (χ3v) is 6.08. The van der Waals surface area contributed by atoms with Gasteiger partial charge in [0.1, 0.15) is 0 Å². The molecule has 0 amide bonds. The van der Waals surface area contributed by atoms with Crippen molar-refractivity contribution >= 4 is 21.6 Å². The van der Waals surface area contributed by atoms with Gasteiger partial charge >= 0.3 is 0 Å². The second-order valence-corrected chi connectivity index (χ2v) is 7.86. The van der Waals surface area contributed by atoms with E-state index in [4.69, 9.17) is 0 Å². The standard InChI is InChI=1S/C13H26S2/c1-12(2)8-5-3-4-6-9-13-10-7-11-14-15-13/h12-13H,3-11H2,1-2H3. The summed E-state index contributed by atoms with van der Waals surface area (Å²) in [6.07, 6.45) is 11.7. The van der Waals surface area contributed by atoms with Gasteiger partial charge in [0.2, 0.25) is 0 Å². The van der Waals surface area contributed by atoms with Gasteiger partial charge in [0.05, 0.1) is 0 Å². The van der Waals surface area contributed by atoms with E-state index in [0.717, 1.165) is 11.2 Å².